The lowest BCUT2D eigenvalue weighted by molar-refractivity contribution is 0.0476. The minimum atomic E-state index is 0.280. The van der Waals surface area contributed by atoms with Crippen LogP contribution in [0.3, 0.4) is 0 Å². The lowest BCUT2D eigenvalue weighted by Gasteiger charge is -2.46. The molecule has 0 radical (unpaired) electrons. The van der Waals surface area contributed by atoms with Crippen molar-refractivity contribution in [3.63, 3.8) is 0 Å². The van der Waals surface area contributed by atoms with Gasteiger partial charge in [-0.3, -0.25) is 0 Å². The highest BCUT2D eigenvalue weighted by Gasteiger charge is 2.36. The maximum Gasteiger partial charge on any atom is 0.0197 e. The Labute approximate surface area is 71.8 Å². The van der Waals surface area contributed by atoms with E-state index in [0.29, 0.717) is 5.41 Å². The van der Waals surface area contributed by atoms with E-state index >= 15 is 0 Å². The summed E-state index contributed by atoms with van der Waals surface area (Å²) in [7, 11) is 4.30. The molecule has 0 saturated heterocycles. The lowest BCUT2D eigenvalue weighted by atomic mass is 9.72. The fraction of sp³-hybridized carbons (Fsp3) is 1.00. The summed E-state index contributed by atoms with van der Waals surface area (Å²) in [5, 5.41) is 0. The molecule has 0 saturated carbocycles. The Morgan fingerprint density at radius 1 is 1.00 bits per heavy atom. The van der Waals surface area contributed by atoms with Crippen LogP contribution in [0.4, 0.5) is 0 Å². The van der Waals surface area contributed by atoms with Gasteiger partial charge in [0.1, 0.15) is 0 Å². The van der Waals surface area contributed by atoms with Gasteiger partial charge in [0.25, 0.3) is 0 Å². The SMILES string of the molecule is CCC(C)(C)C(C)(C)N(C)C. The van der Waals surface area contributed by atoms with Gasteiger partial charge in [0, 0.05) is 5.54 Å². The van der Waals surface area contributed by atoms with Crippen molar-refractivity contribution >= 4 is 0 Å². The summed E-state index contributed by atoms with van der Waals surface area (Å²) in [6.07, 6.45) is 1.22. The molecule has 0 aliphatic heterocycles. The first-order valence-corrected chi connectivity index (χ1v) is 4.43. The molecule has 0 bridgehead atoms. The molecule has 1 heteroatoms. The van der Waals surface area contributed by atoms with Crippen LogP contribution in [0, 0.1) is 5.41 Å². The number of rotatable bonds is 3. The third-order valence-corrected chi connectivity index (χ3v) is 3.66. The Balaban J connectivity index is 4.53. The van der Waals surface area contributed by atoms with E-state index in [1.807, 2.05) is 0 Å². The van der Waals surface area contributed by atoms with E-state index in [2.05, 4.69) is 53.6 Å². The number of nitrogens with zero attached hydrogens (tertiary/aromatic N) is 1. The lowest BCUT2D eigenvalue weighted by Crippen LogP contribution is -2.50. The molecule has 0 aromatic carbocycles. The Kier molecular flexibility index (Phi) is 3.13. The van der Waals surface area contributed by atoms with E-state index in [1.165, 1.54) is 6.42 Å². The molecule has 0 rings (SSSR count). The van der Waals surface area contributed by atoms with Crippen LogP contribution in [-0.2, 0) is 0 Å². The highest BCUT2D eigenvalue weighted by atomic mass is 15.1. The van der Waals surface area contributed by atoms with Gasteiger partial charge in [-0.1, -0.05) is 20.8 Å². The average molecular weight is 157 g/mol. The van der Waals surface area contributed by atoms with E-state index in [4.69, 9.17) is 0 Å². The van der Waals surface area contributed by atoms with Crippen LogP contribution in [0.2, 0.25) is 0 Å². The maximum atomic E-state index is 2.33. The van der Waals surface area contributed by atoms with Crippen LogP contribution >= 0.6 is 0 Å². The molecule has 0 aliphatic carbocycles. The first-order chi connectivity index (χ1) is 4.75. The van der Waals surface area contributed by atoms with Crippen LogP contribution in [-0.4, -0.2) is 24.5 Å². The number of hydrogen-bond donors (Lipinski definition) is 0. The van der Waals surface area contributed by atoms with Crippen molar-refractivity contribution in [2.45, 2.75) is 46.6 Å². The van der Waals surface area contributed by atoms with Crippen molar-refractivity contribution in [3.8, 4) is 0 Å². The first kappa shape index (κ1) is 11.0. The molecule has 1 nitrogen and oxygen atoms in total. The normalized spacial score (nSPS) is 14.2. The molecule has 0 N–H and O–H groups in total. The molecule has 0 heterocycles. The third kappa shape index (κ3) is 1.96. The van der Waals surface area contributed by atoms with Gasteiger partial charge in [-0.25, -0.2) is 0 Å². The van der Waals surface area contributed by atoms with Crippen molar-refractivity contribution in [3.05, 3.63) is 0 Å². The smallest absolute Gasteiger partial charge is 0.0197 e. The minimum Gasteiger partial charge on any atom is -0.304 e. The van der Waals surface area contributed by atoms with Gasteiger partial charge in [-0.2, -0.15) is 0 Å². The van der Waals surface area contributed by atoms with E-state index in [9.17, 15) is 0 Å². The molecule has 0 aromatic heterocycles. The van der Waals surface area contributed by atoms with Crippen molar-refractivity contribution < 1.29 is 0 Å². The van der Waals surface area contributed by atoms with Crippen molar-refractivity contribution in [1.82, 2.24) is 4.90 Å². The topological polar surface area (TPSA) is 3.24 Å². The molecule has 0 unspecified atom stereocenters. The highest BCUT2D eigenvalue weighted by molar-refractivity contribution is 4.91. The maximum absolute atomic E-state index is 2.33. The second-order valence-electron chi connectivity index (χ2n) is 4.69. The molecular formula is C10H23N. The first-order valence-electron chi connectivity index (χ1n) is 4.43. The molecule has 0 spiro atoms. The van der Waals surface area contributed by atoms with Crippen LogP contribution < -0.4 is 0 Å². The van der Waals surface area contributed by atoms with Crippen molar-refractivity contribution in [2.75, 3.05) is 14.1 Å². The predicted molar refractivity (Wildman–Crippen MR) is 51.8 cm³/mol. The van der Waals surface area contributed by atoms with E-state index in [1.54, 1.807) is 0 Å². The summed E-state index contributed by atoms with van der Waals surface area (Å²) >= 11 is 0. The number of hydrogen-bond acceptors (Lipinski definition) is 1. The van der Waals surface area contributed by atoms with E-state index in [-0.39, 0.29) is 5.54 Å². The fourth-order valence-electron chi connectivity index (χ4n) is 1.04. The van der Waals surface area contributed by atoms with Crippen molar-refractivity contribution in [1.29, 1.82) is 0 Å². The average Bonchev–Trinajstić information content (AvgIpc) is 1.87. The minimum absolute atomic E-state index is 0.280. The molecule has 11 heavy (non-hydrogen) atoms. The summed E-state index contributed by atoms with van der Waals surface area (Å²) in [5.41, 5.74) is 0.665. The largest absolute Gasteiger partial charge is 0.304 e. The van der Waals surface area contributed by atoms with Crippen LogP contribution in [0.25, 0.3) is 0 Å². The quantitative estimate of drug-likeness (QED) is 0.609. The second kappa shape index (κ2) is 3.14. The zero-order valence-electron chi connectivity index (χ0n) is 9.15. The van der Waals surface area contributed by atoms with Gasteiger partial charge in [-0.15, -0.1) is 0 Å². The third-order valence-electron chi connectivity index (χ3n) is 3.66. The Bertz CT molecular complexity index is 123. The van der Waals surface area contributed by atoms with Gasteiger partial charge in [-0.05, 0) is 39.8 Å². The monoisotopic (exact) mass is 157 g/mol. The predicted octanol–water partition coefficient (Wildman–Crippen LogP) is 2.76. The molecule has 0 amide bonds. The molecular weight excluding hydrogens is 134 g/mol. The van der Waals surface area contributed by atoms with E-state index in [0.717, 1.165) is 0 Å². The van der Waals surface area contributed by atoms with Crippen molar-refractivity contribution in [2.24, 2.45) is 5.41 Å². The highest BCUT2D eigenvalue weighted by Crippen LogP contribution is 2.36. The van der Waals surface area contributed by atoms with Gasteiger partial charge < -0.3 is 4.90 Å². The van der Waals surface area contributed by atoms with E-state index < -0.39 is 0 Å². The van der Waals surface area contributed by atoms with Gasteiger partial charge in [0.2, 0.25) is 0 Å². The van der Waals surface area contributed by atoms with Gasteiger partial charge >= 0.3 is 0 Å². The summed E-state index contributed by atoms with van der Waals surface area (Å²) in [6, 6.07) is 0. The molecule has 68 valence electrons. The van der Waals surface area contributed by atoms with Crippen LogP contribution in [0.15, 0.2) is 0 Å². The Morgan fingerprint density at radius 2 is 1.36 bits per heavy atom. The Morgan fingerprint density at radius 3 is 1.45 bits per heavy atom. The van der Waals surface area contributed by atoms with Gasteiger partial charge in [0.05, 0.1) is 0 Å². The van der Waals surface area contributed by atoms with Crippen LogP contribution in [0.5, 0.6) is 0 Å². The van der Waals surface area contributed by atoms with Gasteiger partial charge in [0.15, 0.2) is 0 Å². The van der Waals surface area contributed by atoms with Crippen LogP contribution in [0.1, 0.15) is 41.0 Å². The fourth-order valence-corrected chi connectivity index (χ4v) is 1.04. The molecule has 0 aliphatic rings. The summed E-state index contributed by atoms with van der Waals surface area (Å²) in [6.45, 7) is 11.5. The Hall–Kier alpha value is -0.0400. The summed E-state index contributed by atoms with van der Waals surface area (Å²) < 4.78 is 0. The standard InChI is InChI=1S/C10H23N/c1-8-9(2,3)10(4,5)11(6)7/h8H2,1-7H3. The molecule has 0 aromatic rings. The summed E-state index contributed by atoms with van der Waals surface area (Å²) in [4.78, 5) is 2.30. The molecule has 0 fully saturated rings. The summed E-state index contributed by atoms with van der Waals surface area (Å²) in [5.74, 6) is 0. The zero-order chi connectivity index (χ0) is 9.28. The molecule has 0 atom stereocenters. The second-order valence-corrected chi connectivity index (χ2v) is 4.69. The zero-order valence-corrected chi connectivity index (χ0v) is 9.15.